The lowest BCUT2D eigenvalue weighted by molar-refractivity contribution is -0.111. The molecule has 76 valence electrons. The second kappa shape index (κ2) is 3.52. The van der Waals surface area contributed by atoms with E-state index in [4.69, 9.17) is 0 Å². The number of nitrogens with zero attached hydrogens (tertiary/aromatic N) is 3. The molecule has 0 bridgehead atoms. The van der Waals surface area contributed by atoms with Crippen LogP contribution in [0.4, 0.5) is 0 Å². The molecule has 4 nitrogen and oxygen atoms in total. The van der Waals surface area contributed by atoms with Crippen LogP contribution in [0.2, 0.25) is 0 Å². The highest BCUT2D eigenvalue weighted by molar-refractivity contribution is 5.55. The normalized spacial score (nSPS) is 20.9. The Morgan fingerprint density at radius 2 is 2.36 bits per heavy atom. The molecular formula is C10H15N3O. The highest BCUT2D eigenvalue weighted by Crippen LogP contribution is 2.23. The van der Waals surface area contributed by atoms with Gasteiger partial charge < -0.3 is 4.79 Å². The summed E-state index contributed by atoms with van der Waals surface area (Å²) in [7, 11) is 0. The van der Waals surface area contributed by atoms with Gasteiger partial charge in [-0.1, -0.05) is 13.8 Å². The molecule has 0 N–H and O–H groups in total. The lowest BCUT2D eigenvalue weighted by atomic mass is 10.1. The molecule has 1 aliphatic rings. The van der Waals surface area contributed by atoms with Gasteiger partial charge in [0.25, 0.3) is 0 Å². The molecule has 1 aromatic heterocycles. The van der Waals surface area contributed by atoms with E-state index in [-0.39, 0.29) is 6.04 Å². The number of fused-ring (bicyclic) bond motifs is 1. The molecule has 0 aromatic carbocycles. The molecule has 1 aromatic rings. The Morgan fingerprint density at radius 3 is 3.00 bits per heavy atom. The Labute approximate surface area is 83.3 Å². The van der Waals surface area contributed by atoms with E-state index in [0.717, 1.165) is 37.2 Å². The Balaban J connectivity index is 2.38. The van der Waals surface area contributed by atoms with Crippen molar-refractivity contribution in [3.8, 4) is 0 Å². The molecular weight excluding hydrogens is 178 g/mol. The maximum absolute atomic E-state index is 10.8. The largest absolute Gasteiger partial charge is 0.301 e. The minimum atomic E-state index is -0.0845. The summed E-state index contributed by atoms with van der Waals surface area (Å²) in [6, 6.07) is -0.0845. The fourth-order valence-electron chi connectivity index (χ4n) is 1.77. The molecule has 0 aliphatic carbocycles. The SMILES string of the molecule is CC(C)c1nc2n(n1)C(C=O)CCC2. The van der Waals surface area contributed by atoms with E-state index in [9.17, 15) is 4.79 Å². The quantitative estimate of drug-likeness (QED) is 0.668. The molecule has 2 rings (SSSR count). The first kappa shape index (κ1) is 9.37. The Bertz CT molecular complexity index is 343. The van der Waals surface area contributed by atoms with Gasteiger partial charge in [-0.15, -0.1) is 0 Å². The van der Waals surface area contributed by atoms with Crippen LogP contribution in [-0.4, -0.2) is 21.1 Å². The molecule has 1 unspecified atom stereocenters. The van der Waals surface area contributed by atoms with Crippen molar-refractivity contribution in [3.63, 3.8) is 0 Å². The maximum Gasteiger partial charge on any atom is 0.153 e. The molecule has 2 heterocycles. The van der Waals surface area contributed by atoms with E-state index in [1.807, 2.05) is 0 Å². The van der Waals surface area contributed by atoms with Crippen LogP contribution in [0.25, 0.3) is 0 Å². The summed E-state index contributed by atoms with van der Waals surface area (Å²) in [5.74, 6) is 2.16. The van der Waals surface area contributed by atoms with Gasteiger partial charge in [0.2, 0.25) is 0 Å². The van der Waals surface area contributed by atoms with E-state index in [1.54, 1.807) is 4.68 Å². The maximum atomic E-state index is 10.8. The summed E-state index contributed by atoms with van der Waals surface area (Å²) in [5, 5.41) is 4.38. The van der Waals surface area contributed by atoms with Crippen molar-refractivity contribution in [2.75, 3.05) is 0 Å². The van der Waals surface area contributed by atoms with Gasteiger partial charge >= 0.3 is 0 Å². The molecule has 0 spiro atoms. The zero-order valence-corrected chi connectivity index (χ0v) is 8.60. The highest BCUT2D eigenvalue weighted by Gasteiger charge is 2.23. The predicted octanol–water partition coefficient (Wildman–Crippen LogP) is 1.48. The first-order chi connectivity index (χ1) is 6.72. The summed E-state index contributed by atoms with van der Waals surface area (Å²) >= 11 is 0. The van der Waals surface area contributed by atoms with Crippen molar-refractivity contribution in [2.24, 2.45) is 0 Å². The smallest absolute Gasteiger partial charge is 0.153 e. The molecule has 0 fully saturated rings. The number of aldehydes is 1. The van der Waals surface area contributed by atoms with Gasteiger partial charge in [-0.2, -0.15) is 5.10 Å². The Kier molecular flexibility index (Phi) is 2.35. The Hall–Kier alpha value is -1.19. The van der Waals surface area contributed by atoms with Crippen molar-refractivity contribution in [1.82, 2.24) is 14.8 Å². The predicted molar refractivity (Wildman–Crippen MR) is 52.2 cm³/mol. The summed E-state index contributed by atoms with van der Waals surface area (Å²) in [6.07, 6.45) is 3.86. The lowest BCUT2D eigenvalue weighted by Crippen LogP contribution is -2.20. The summed E-state index contributed by atoms with van der Waals surface area (Å²) in [6.45, 7) is 4.13. The third-order valence-corrected chi connectivity index (χ3v) is 2.61. The first-order valence-corrected chi connectivity index (χ1v) is 5.13. The van der Waals surface area contributed by atoms with Crippen LogP contribution in [0, 0.1) is 0 Å². The molecule has 0 amide bonds. The van der Waals surface area contributed by atoms with Crippen LogP contribution >= 0.6 is 0 Å². The Morgan fingerprint density at radius 1 is 1.57 bits per heavy atom. The van der Waals surface area contributed by atoms with Crippen molar-refractivity contribution in [2.45, 2.75) is 45.1 Å². The van der Waals surface area contributed by atoms with Gasteiger partial charge in [-0.25, -0.2) is 9.67 Å². The third-order valence-electron chi connectivity index (χ3n) is 2.61. The van der Waals surface area contributed by atoms with Gasteiger partial charge in [0.05, 0.1) is 0 Å². The van der Waals surface area contributed by atoms with E-state index in [2.05, 4.69) is 23.9 Å². The highest BCUT2D eigenvalue weighted by atomic mass is 16.1. The van der Waals surface area contributed by atoms with E-state index >= 15 is 0 Å². The molecule has 1 aliphatic heterocycles. The van der Waals surface area contributed by atoms with Gasteiger partial charge in [-0.3, -0.25) is 0 Å². The van der Waals surface area contributed by atoms with Crippen molar-refractivity contribution in [1.29, 1.82) is 0 Å². The van der Waals surface area contributed by atoms with Gasteiger partial charge in [0, 0.05) is 12.3 Å². The van der Waals surface area contributed by atoms with Gasteiger partial charge in [0.15, 0.2) is 5.82 Å². The van der Waals surface area contributed by atoms with E-state index < -0.39 is 0 Å². The second-order valence-corrected chi connectivity index (χ2v) is 4.08. The monoisotopic (exact) mass is 193 g/mol. The number of rotatable bonds is 2. The summed E-state index contributed by atoms with van der Waals surface area (Å²) in [5.41, 5.74) is 0. The van der Waals surface area contributed by atoms with Crippen LogP contribution in [0.3, 0.4) is 0 Å². The molecule has 0 saturated carbocycles. The summed E-state index contributed by atoms with van der Waals surface area (Å²) in [4.78, 5) is 15.3. The number of carbonyl (C=O) groups excluding carboxylic acids is 1. The molecule has 14 heavy (non-hydrogen) atoms. The topological polar surface area (TPSA) is 47.8 Å². The fraction of sp³-hybridized carbons (Fsp3) is 0.700. The number of hydrogen-bond donors (Lipinski definition) is 0. The molecule has 0 radical (unpaired) electrons. The number of carbonyl (C=O) groups is 1. The van der Waals surface area contributed by atoms with Crippen LogP contribution in [-0.2, 0) is 11.2 Å². The third kappa shape index (κ3) is 1.45. The van der Waals surface area contributed by atoms with Crippen LogP contribution < -0.4 is 0 Å². The molecule has 4 heteroatoms. The van der Waals surface area contributed by atoms with Crippen molar-refractivity contribution >= 4 is 6.29 Å². The zero-order valence-electron chi connectivity index (χ0n) is 8.60. The van der Waals surface area contributed by atoms with Crippen LogP contribution in [0.15, 0.2) is 0 Å². The standard InChI is InChI=1S/C10H15N3O/c1-7(2)10-11-9-5-3-4-8(6-14)13(9)12-10/h6-8H,3-5H2,1-2H3. The number of aryl methyl sites for hydroxylation is 1. The first-order valence-electron chi connectivity index (χ1n) is 5.13. The summed E-state index contributed by atoms with van der Waals surface area (Å²) < 4.78 is 1.80. The molecule has 1 atom stereocenters. The van der Waals surface area contributed by atoms with Gasteiger partial charge in [0.1, 0.15) is 18.2 Å². The van der Waals surface area contributed by atoms with Crippen molar-refractivity contribution < 1.29 is 4.79 Å². The number of hydrogen-bond acceptors (Lipinski definition) is 3. The average molecular weight is 193 g/mol. The average Bonchev–Trinajstić information content (AvgIpc) is 2.60. The van der Waals surface area contributed by atoms with Gasteiger partial charge in [-0.05, 0) is 12.8 Å². The van der Waals surface area contributed by atoms with E-state index in [1.165, 1.54) is 0 Å². The second-order valence-electron chi connectivity index (χ2n) is 4.08. The zero-order chi connectivity index (χ0) is 10.1. The minimum absolute atomic E-state index is 0.0845. The van der Waals surface area contributed by atoms with Crippen molar-refractivity contribution in [3.05, 3.63) is 11.6 Å². The fourth-order valence-corrected chi connectivity index (χ4v) is 1.77. The molecule has 0 saturated heterocycles. The van der Waals surface area contributed by atoms with Crippen LogP contribution in [0.5, 0.6) is 0 Å². The van der Waals surface area contributed by atoms with Crippen LogP contribution in [0.1, 0.15) is 50.3 Å². The van der Waals surface area contributed by atoms with E-state index in [0.29, 0.717) is 5.92 Å². The minimum Gasteiger partial charge on any atom is -0.301 e. The lowest BCUT2D eigenvalue weighted by Gasteiger charge is -2.17. The number of aromatic nitrogens is 3.